The van der Waals surface area contributed by atoms with Gasteiger partial charge in [-0.1, -0.05) is 12.1 Å². The van der Waals surface area contributed by atoms with Crippen LogP contribution in [0.3, 0.4) is 0 Å². The van der Waals surface area contributed by atoms with Gasteiger partial charge in [-0.05, 0) is 37.3 Å². The Balaban J connectivity index is 2.00. The Kier molecular flexibility index (Phi) is 7.90. The molecule has 0 fully saturated rings. The second-order valence-corrected chi connectivity index (χ2v) is 5.66. The van der Waals surface area contributed by atoms with Gasteiger partial charge in [-0.3, -0.25) is 20.4 Å². The van der Waals surface area contributed by atoms with Gasteiger partial charge in [0.2, 0.25) is 0 Å². The molecule has 2 rings (SSSR count). The van der Waals surface area contributed by atoms with E-state index in [0.717, 1.165) is 0 Å². The maximum absolute atomic E-state index is 12.3. The zero-order valence-electron chi connectivity index (χ0n) is 16.8. The second kappa shape index (κ2) is 10.6. The molecular formula is C21H24N2O6. The molecule has 8 heteroatoms. The summed E-state index contributed by atoms with van der Waals surface area (Å²) < 4.78 is 21.2. The predicted octanol–water partition coefficient (Wildman–Crippen LogP) is 2.59. The van der Waals surface area contributed by atoms with Gasteiger partial charge in [0, 0.05) is 17.2 Å². The fraction of sp³-hybridized carbons (Fsp3) is 0.238. The van der Waals surface area contributed by atoms with Crippen molar-refractivity contribution in [2.24, 2.45) is 0 Å². The Morgan fingerprint density at radius 2 is 1.69 bits per heavy atom. The Morgan fingerprint density at radius 3 is 2.34 bits per heavy atom. The Labute approximate surface area is 169 Å². The topological polar surface area (TPSA) is 95.1 Å². The summed E-state index contributed by atoms with van der Waals surface area (Å²) in [4.78, 5) is 24.3. The average Bonchev–Trinajstić information content (AvgIpc) is 2.75. The molecule has 0 bridgehead atoms. The van der Waals surface area contributed by atoms with Gasteiger partial charge in [0.1, 0.15) is 0 Å². The van der Waals surface area contributed by atoms with E-state index in [1.165, 1.54) is 33.5 Å². The predicted molar refractivity (Wildman–Crippen MR) is 108 cm³/mol. The lowest BCUT2D eigenvalue weighted by Gasteiger charge is -2.11. The van der Waals surface area contributed by atoms with Crippen LogP contribution >= 0.6 is 0 Å². The smallest absolute Gasteiger partial charge is 0.269 e. The lowest BCUT2D eigenvalue weighted by molar-refractivity contribution is -0.117. The summed E-state index contributed by atoms with van der Waals surface area (Å²) in [5, 5.41) is 0. The third kappa shape index (κ3) is 5.65. The minimum atomic E-state index is -0.513. The first-order valence-electron chi connectivity index (χ1n) is 8.84. The van der Waals surface area contributed by atoms with E-state index < -0.39 is 11.8 Å². The van der Waals surface area contributed by atoms with E-state index in [-0.39, 0.29) is 0 Å². The van der Waals surface area contributed by atoms with Crippen molar-refractivity contribution >= 4 is 17.9 Å². The van der Waals surface area contributed by atoms with Crippen molar-refractivity contribution in [2.45, 2.75) is 6.92 Å². The van der Waals surface area contributed by atoms with Gasteiger partial charge in [-0.15, -0.1) is 0 Å². The molecule has 0 heterocycles. The van der Waals surface area contributed by atoms with Crippen LogP contribution in [0.4, 0.5) is 0 Å². The number of hydrogen-bond donors (Lipinski definition) is 2. The summed E-state index contributed by atoms with van der Waals surface area (Å²) in [5.41, 5.74) is 5.64. The van der Waals surface area contributed by atoms with Crippen LogP contribution in [0.15, 0.2) is 42.5 Å². The maximum atomic E-state index is 12.3. The third-order valence-electron chi connectivity index (χ3n) is 3.87. The van der Waals surface area contributed by atoms with Gasteiger partial charge < -0.3 is 18.9 Å². The van der Waals surface area contributed by atoms with Crippen LogP contribution in [0.5, 0.6) is 23.0 Å². The molecule has 2 amide bonds. The number of carbonyl (C=O) groups is 2. The first-order chi connectivity index (χ1) is 14.0. The molecule has 8 nitrogen and oxygen atoms in total. The van der Waals surface area contributed by atoms with E-state index in [1.54, 1.807) is 36.4 Å². The van der Waals surface area contributed by atoms with E-state index in [4.69, 9.17) is 18.9 Å². The van der Waals surface area contributed by atoms with Crippen molar-refractivity contribution in [1.82, 2.24) is 10.9 Å². The quantitative estimate of drug-likeness (QED) is 0.522. The van der Waals surface area contributed by atoms with Crippen molar-refractivity contribution < 1.29 is 28.5 Å². The fourth-order valence-electron chi connectivity index (χ4n) is 2.52. The molecule has 0 atom stereocenters. The van der Waals surface area contributed by atoms with Gasteiger partial charge >= 0.3 is 0 Å². The highest BCUT2D eigenvalue weighted by Gasteiger charge is 2.12. The molecule has 0 saturated heterocycles. The van der Waals surface area contributed by atoms with Gasteiger partial charge in [0.05, 0.1) is 27.9 Å². The molecule has 0 aliphatic heterocycles. The molecule has 0 radical (unpaired) electrons. The summed E-state index contributed by atoms with van der Waals surface area (Å²) in [6.07, 6.45) is 2.83. The minimum Gasteiger partial charge on any atom is -0.493 e. The van der Waals surface area contributed by atoms with Gasteiger partial charge in [-0.25, -0.2) is 0 Å². The number of rotatable bonds is 8. The third-order valence-corrected chi connectivity index (χ3v) is 3.87. The average molecular weight is 400 g/mol. The number of ether oxygens (including phenoxy) is 4. The molecule has 0 unspecified atom stereocenters. The van der Waals surface area contributed by atoms with Gasteiger partial charge in [-0.2, -0.15) is 0 Å². The molecular weight excluding hydrogens is 376 g/mol. The van der Waals surface area contributed by atoms with E-state index in [1.807, 2.05) is 6.92 Å². The van der Waals surface area contributed by atoms with E-state index in [0.29, 0.717) is 40.7 Å². The summed E-state index contributed by atoms with van der Waals surface area (Å²) in [5.74, 6) is 1.01. The number of amides is 2. The highest BCUT2D eigenvalue weighted by Crippen LogP contribution is 2.31. The van der Waals surface area contributed by atoms with Crippen LogP contribution in [-0.4, -0.2) is 39.8 Å². The maximum Gasteiger partial charge on any atom is 0.269 e. The summed E-state index contributed by atoms with van der Waals surface area (Å²) in [7, 11) is 4.53. The summed E-state index contributed by atoms with van der Waals surface area (Å²) in [6, 6.07) is 10.0. The largest absolute Gasteiger partial charge is 0.493 e. The van der Waals surface area contributed by atoms with Crippen LogP contribution in [0.2, 0.25) is 0 Å². The van der Waals surface area contributed by atoms with Crippen LogP contribution in [-0.2, 0) is 4.79 Å². The van der Waals surface area contributed by atoms with Crippen molar-refractivity contribution in [2.75, 3.05) is 27.9 Å². The van der Waals surface area contributed by atoms with E-state index >= 15 is 0 Å². The lowest BCUT2D eigenvalue weighted by atomic mass is 10.1. The van der Waals surface area contributed by atoms with E-state index in [2.05, 4.69) is 10.9 Å². The van der Waals surface area contributed by atoms with Crippen LogP contribution in [0.25, 0.3) is 6.08 Å². The zero-order valence-corrected chi connectivity index (χ0v) is 16.8. The number of hydrogen-bond acceptors (Lipinski definition) is 6. The molecule has 2 N–H and O–H groups in total. The molecule has 0 saturated carbocycles. The van der Waals surface area contributed by atoms with Crippen molar-refractivity contribution in [1.29, 1.82) is 0 Å². The van der Waals surface area contributed by atoms with Crippen LogP contribution < -0.4 is 29.8 Å². The summed E-state index contributed by atoms with van der Waals surface area (Å²) >= 11 is 0. The Hall–Kier alpha value is -3.68. The Bertz CT molecular complexity index is 895. The highest BCUT2D eigenvalue weighted by atomic mass is 16.5. The monoisotopic (exact) mass is 400 g/mol. The number of nitrogens with one attached hydrogen (secondary N) is 2. The summed E-state index contributed by atoms with van der Waals surface area (Å²) in [6.45, 7) is 2.33. The van der Waals surface area contributed by atoms with Crippen molar-refractivity contribution in [3.05, 3.63) is 53.6 Å². The number of methoxy groups -OCH3 is 3. The minimum absolute atomic E-state index is 0.309. The second-order valence-electron chi connectivity index (χ2n) is 5.66. The van der Waals surface area contributed by atoms with Crippen LogP contribution in [0.1, 0.15) is 22.8 Å². The SMILES string of the molecule is CCOc1ccc(C(=O)NNC(=O)/C=C/c2cccc(OC)c2OC)cc1OC. The first kappa shape index (κ1) is 21.6. The zero-order chi connectivity index (χ0) is 21.2. The fourth-order valence-corrected chi connectivity index (χ4v) is 2.52. The molecule has 0 aromatic heterocycles. The first-order valence-corrected chi connectivity index (χ1v) is 8.84. The normalized spacial score (nSPS) is 10.3. The number of benzene rings is 2. The van der Waals surface area contributed by atoms with Crippen molar-refractivity contribution in [3.63, 3.8) is 0 Å². The van der Waals surface area contributed by atoms with Crippen molar-refractivity contribution in [3.8, 4) is 23.0 Å². The van der Waals surface area contributed by atoms with Crippen LogP contribution in [0, 0.1) is 0 Å². The van der Waals surface area contributed by atoms with Gasteiger partial charge in [0.25, 0.3) is 11.8 Å². The molecule has 29 heavy (non-hydrogen) atoms. The Morgan fingerprint density at radius 1 is 0.931 bits per heavy atom. The number of hydrazine groups is 1. The molecule has 2 aromatic carbocycles. The van der Waals surface area contributed by atoms with Gasteiger partial charge in [0.15, 0.2) is 23.0 Å². The molecule has 2 aromatic rings. The molecule has 0 aliphatic carbocycles. The van der Waals surface area contributed by atoms with E-state index in [9.17, 15) is 9.59 Å². The number of carbonyl (C=O) groups excluding carboxylic acids is 2. The molecule has 0 spiro atoms. The molecule has 0 aliphatic rings. The standard InChI is InChI=1S/C21H24N2O6/c1-5-29-16-11-9-15(13-18(16)27-3)21(25)23-22-19(24)12-10-14-7-6-8-17(26-2)20(14)28-4/h6-13H,5H2,1-4H3,(H,22,24)(H,23,25)/b12-10+. The molecule has 154 valence electrons. The number of para-hydroxylation sites is 1. The lowest BCUT2D eigenvalue weighted by Crippen LogP contribution is -2.40. The highest BCUT2D eigenvalue weighted by molar-refractivity contribution is 5.98.